The highest BCUT2D eigenvalue weighted by Gasteiger charge is 2.30. The highest BCUT2D eigenvalue weighted by atomic mass is 16.5. The van der Waals surface area contributed by atoms with Gasteiger partial charge in [-0.15, -0.1) is 0 Å². The fraction of sp³-hybridized carbons (Fsp3) is 0.333. The third-order valence-corrected chi connectivity index (χ3v) is 4.37. The summed E-state index contributed by atoms with van der Waals surface area (Å²) in [6.45, 7) is 2.43. The van der Waals surface area contributed by atoms with Crippen molar-refractivity contribution in [1.29, 1.82) is 0 Å². The van der Waals surface area contributed by atoms with Crippen LogP contribution < -0.4 is 0 Å². The van der Waals surface area contributed by atoms with E-state index in [1.165, 1.54) is 0 Å². The number of carbonyl (C=O) groups is 2. The standard InChI is InChI=1S/C21H23NO5/c1-25-15-16-7-9-18(10-8-16)21(24)27-19(17-5-3-2-4-6-17)20(23)22-11-13-26-14-12-22/h2-10,19H,11-15H2,1H3/t19-/m0/s1. The van der Waals surface area contributed by atoms with Crippen molar-refractivity contribution in [1.82, 2.24) is 4.90 Å². The van der Waals surface area contributed by atoms with Crippen LogP contribution >= 0.6 is 0 Å². The first kappa shape index (κ1) is 19.1. The lowest BCUT2D eigenvalue weighted by Crippen LogP contribution is -2.44. The van der Waals surface area contributed by atoms with Crippen molar-refractivity contribution >= 4 is 11.9 Å². The molecular formula is C21H23NO5. The molecule has 1 aliphatic heterocycles. The monoisotopic (exact) mass is 369 g/mol. The van der Waals surface area contributed by atoms with Gasteiger partial charge in [0.2, 0.25) is 6.10 Å². The average Bonchev–Trinajstić information content (AvgIpc) is 2.73. The van der Waals surface area contributed by atoms with E-state index >= 15 is 0 Å². The highest BCUT2D eigenvalue weighted by Crippen LogP contribution is 2.23. The van der Waals surface area contributed by atoms with Gasteiger partial charge < -0.3 is 19.1 Å². The number of rotatable bonds is 6. The Hall–Kier alpha value is -2.70. The highest BCUT2D eigenvalue weighted by molar-refractivity contribution is 5.92. The summed E-state index contributed by atoms with van der Waals surface area (Å²) in [6.07, 6.45) is -0.976. The van der Waals surface area contributed by atoms with Crippen LogP contribution in [-0.4, -0.2) is 50.2 Å². The Labute approximate surface area is 158 Å². The fourth-order valence-corrected chi connectivity index (χ4v) is 2.92. The van der Waals surface area contributed by atoms with Crippen LogP contribution in [0.2, 0.25) is 0 Å². The number of hydrogen-bond acceptors (Lipinski definition) is 5. The zero-order valence-corrected chi connectivity index (χ0v) is 15.3. The van der Waals surface area contributed by atoms with Gasteiger partial charge in [0, 0.05) is 25.8 Å². The van der Waals surface area contributed by atoms with E-state index in [1.807, 2.05) is 18.2 Å². The van der Waals surface area contributed by atoms with Gasteiger partial charge in [-0.05, 0) is 17.7 Å². The molecule has 2 aromatic rings. The van der Waals surface area contributed by atoms with Crippen LogP contribution in [-0.2, 0) is 25.6 Å². The van der Waals surface area contributed by atoms with Crippen molar-refractivity contribution in [3.05, 3.63) is 71.3 Å². The van der Waals surface area contributed by atoms with Crippen LogP contribution in [0.25, 0.3) is 0 Å². The molecule has 6 heteroatoms. The first-order valence-electron chi connectivity index (χ1n) is 8.89. The van der Waals surface area contributed by atoms with E-state index in [0.717, 1.165) is 5.56 Å². The van der Waals surface area contributed by atoms with Crippen molar-refractivity contribution in [2.24, 2.45) is 0 Å². The van der Waals surface area contributed by atoms with E-state index < -0.39 is 12.1 Å². The number of morpholine rings is 1. The van der Waals surface area contributed by atoms with Gasteiger partial charge in [-0.3, -0.25) is 4.79 Å². The fourth-order valence-electron chi connectivity index (χ4n) is 2.92. The van der Waals surface area contributed by atoms with E-state index in [9.17, 15) is 9.59 Å². The summed E-state index contributed by atoms with van der Waals surface area (Å²) in [6, 6.07) is 16.1. The summed E-state index contributed by atoms with van der Waals surface area (Å²) in [5.74, 6) is -0.761. The van der Waals surface area contributed by atoms with Crippen molar-refractivity contribution in [2.75, 3.05) is 33.4 Å². The number of ether oxygens (including phenoxy) is 3. The lowest BCUT2D eigenvalue weighted by molar-refractivity contribution is -0.145. The molecular weight excluding hydrogens is 346 g/mol. The molecule has 0 bridgehead atoms. The molecule has 1 saturated heterocycles. The number of esters is 1. The number of nitrogens with zero attached hydrogens (tertiary/aromatic N) is 1. The van der Waals surface area contributed by atoms with Crippen molar-refractivity contribution in [3.8, 4) is 0 Å². The second-order valence-electron chi connectivity index (χ2n) is 6.26. The maximum atomic E-state index is 13.0. The minimum atomic E-state index is -0.976. The summed E-state index contributed by atoms with van der Waals surface area (Å²) in [5, 5.41) is 0. The Balaban J connectivity index is 1.78. The van der Waals surface area contributed by atoms with Crippen LogP contribution in [0, 0.1) is 0 Å². The van der Waals surface area contributed by atoms with Gasteiger partial charge in [0.05, 0.1) is 25.4 Å². The van der Waals surface area contributed by atoms with E-state index in [4.69, 9.17) is 14.2 Å². The molecule has 27 heavy (non-hydrogen) atoms. The van der Waals surface area contributed by atoms with E-state index in [1.54, 1.807) is 48.4 Å². The van der Waals surface area contributed by atoms with Crippen molar-refractivity contribution in [2.45, 2.75) is 12.7 Å². The molecule has 0 aromatic heterocycles. The zero-order chi connectivity index (χ0) is 19.1. The molecule has 0 aliphatic carbocycles. The Bertz CT molecular complexity index is 754. The molecule has 1 atom stereocenters. The number of methoxy groups -OCH3 is 1. The summed E-state index contributed by atoms with van der Waals surface area (Å²) >= 11 is 0. The van der Waals surface area contributed by atoms with Crippen LogP contribution in [0.15, 0.2) is 54.6 Å². The Kier molecular flexibility index (Phi) is 6.57. The Morgan fingerprint density at radius 2 is 1.70 bits per heavy atom. The number of carbonyl (C=O) groups excluding carboxylic acids is 2. The maximum absolute atomic E-state index is 13.0. The summed E-state index contributed by atoms with van der Waals surface area (Å²) < 4.78 is 16.0. The molecule has 0 unspecified atom stereocenters. The van der Waals surface area contributed by atoms with Crippen molar-refractivity contribution < 1.29 is 23.8 Å². The lowest BCUT2D eigenvalue weighted by atomic mass is 10.1. The van der Waals surface area contributed by atoms with Gasteiger partial charge in [-0.25, -0.2) is 4.79 Å². The van der Waals surface area contributed by atoms with Crippen LogP contribution in [0.3, 0.4) is 0 Å². The van der Waals surface area contributed by atoms with Crippen LogP contribution in [0.5, 0.6) is 0 Å². The lowest BCUT2D eigenvalue weighted by Gasteiger charge is -2.30. The van der Waals surface area contributed by atoms with E-state index in [-0.39, 0.29) is 5.91 Å². The summed E-state index contributed by atoms with van der Waals surface area (Å²) in [7, 11) is 1.61. The minimum Gasteiger partial charge on any atom is -0.444 e. The van der Waals surface area contributed by atoms with Gasteiger partial charge in [-0.2, -0.15) is 0 Å². The number of benzene rings is 2. The first-order chi connectivity index (χ1) is 13.2. The number of hydrogen-bond donors (Lipinski definition) is 0. The predicted molar refractivity (Wildman–Crippen MR) is 99.2 cm³/mol. The molecule has 0 saturated carbocycles. The smallest absolute Gasteiger partial charge is 0.339 e. The number of amides is 1. The topological polar surface area (TPSA) is 65.1 Å². The SMILES string of the molecule is COCc1ccc(C(=O)O[C@H](C(=O)N2CCOCC2)c2ccccc2)cc1. The third kappa shape index (κ3) is 4.93. The zero-order valence-electron chi connectivity index (χ0n) is 15.3. The Morgan fingerprint density at radius 3 is 2.33 bits per heavy atom. The molecule has 142 valence electrons. The molecule has 1 amide bonds. The van der Waals surface area contributed by atoms with Crippen LogP contribution in [0.4, 0.5) is 0 Å². The van der Waals surface area contributed by atoms with Crippen molar-refractivity contribution in [3.63, 3.8) is 0 Å². The van der Waals surface area contributed by atoms with Gasteiger partial charge in [0.1, 0.15) is 0 Å². The molecule has 0 spiro atoms. The van der Waals surface area contributed by atoms with Gasteiger partial charge in [0.25, 0.3) is 5.91 Å². The molecule has 6 nitrogen and oxygen atoms in total. The Morgan fingerprint density at radius 1 is 1.04 bits per heavy atom. The van der Waals surface area contributed by atoms with Gasteiger partial charge in [-0.1, -0.05) is 42.5 Å². The van der Waals surface area contributed by atoms with E-state index in [0.29, 0.717) is 44.0 Å². The molecule has 0 radical (unpaired) electrons. The second kappa shape index (κ2) is 9.30. The minimum absolute atomic E-state index is 0.228. The quantitative estimate of drug-likeness (QED) is 0.733. The third-order valence-electron chi connectivity index (χ3n) is 4.37. The first-order valence-corrected chi connectivity index (χ1v) is 8.89. The molecule has 1 fully saturated rings. The second-order valence-corrected chi connectivity index (χ2v) is 6.26. The molecule has 2 aromatic carbocycles. The predicted octanol–water partition coefficient (Wildman–Crippen LogP) is 2.59. The molecule has 1 aliphatic rings. The average molecular weight is 369 g/mol. The normalized spacial score (nSPS) is 15.2. The van der Waals surface area contributed by atoms with Crippen LogP contribution in [0.1, 0.15) is 27.6 Å². The van der Waals surface area contributed by atoms with Gasteiger partial charge in [0.15, 0.2) is 0 Å². The molecule has 3 rings (SSSR count). The summed E-state index contributed by atoms with van der Waals surface area (Å²) in [5.41, 5.74) is 2.00. The summed E-state index contributed by atoms with van der Waals surface area (Å²) in [4.78, 5) is 27.3. The maximum Gasteiger partial charge on any atom is 0.339 e. The van der Waals surface area contributed by atoms with Gasteiger partial charge >= 0.3 is 5.97 Å². The van der Waals surface area contributed by atoms with E-state index in [2.05, 4.69) is 0 Å². The molecule has 1 heterocycles. The largest absolute Gasteiger partial charge is 0.444 e. The molecule has 0 N–H and O–H groups in total.